The molecule has 61 heavy (non-hydrogen) atoms. The first-order valence-corrected chi connectivity index (χ1v) is 21.6. The normalized spacial score (nSPS) is 12.4. The number of amides is 2. The lowest BCUT2D eigenvalue weighted by Gasteiger charge is -2.29. The average molecular weight is 902 g/mol. The van der Waals surface area contributed by atoms with Gasteiger partial charge in [0.1, 0.15) is 38.9 Å². The minimum absolute atomic E-state index is 0.0484. The van der Waals surface area contributed by atoms with Crippen LogP contribution in [0.2, 0.25) is 4.34 Å². The van der Waals surface area contributed by atoms with E-state index in [9.17, 15) is 27.2 Å². The summed E-state index contributed by atoms with van der Waals surface area (Å²) in [5.74, 6) is -0.992. The predicted octanol–water partition coefficient (Wildman–Crippen LogP) is 7.09. The number of benzene rings is 3. The van der Waals surface area contributed by atoms with E-state index >= 15 is 0 Å². The van der Waals surface area contributed by atoms with E-state index in [1.165, 1.54) is 32.7 Å². The Morgan fingerprint density at radius 2 is 1.67 bits per heavy atom. The number of thiazole rings is 1. The second kappa shape index (κ2) is 19.0. The van der Waals surface area contributed by atoms with Gasteiger partial charge in [0.25, 0.3) is 5.91 Å². The number of carbonyl (C=O) groups excluding carboxylic acids is 3. The van der Waals surface area contributed by atoms with Gasteiger partial charge in [0.2, 0.25) is 5.13 Å². The summed E-state index contributed by atoms with van der Waals surface area (Å²) in [5, 5.41) is 10.6. The molecule has 0 spiro atoms. The number of esters is 1. The van der Waals surface area contributed by atoms with Crippen molar-refractivity contribution in [2.24, 2.45) is 0 Å². The molecule has 328 valence electrons. The smallest absolute Gasteiger partial charge is 0.414 e. The lowest BCUT2D eigenvalue weighted by Crippen LogP contribution is -2.45. The van der Waals surface area contributed by atoms with Crippen LogP contribution in [0.1, 0.15) is 70.0 Å². The van der Waals surface area contributed by atoms with Crippen LogP contribution in [-0.2, 0) is 37.6 Å². The lowest BCUT2D eigenvalue weighted by molar-refractivity contribution is -0.156. The molecule has 2 amide bonds. The summed E-state index contributed by atoms with van der Waals surface area (Å²) in [4.78, 5) is 45.5. The summed E-state index contributed by atoms with van der Waals surface area (Å²) < 4.78 is 68.0. The highest BCUT2D eigenvalue weighted by atomic mass is 35.5. The van der Waals surface area contributed by atoms with Crippen molar-refractivity contribution in [1.82, 2.24) is 24.8 Å². The van der Waals surface area contributed by atoms with E-state index in [1.807, 2.05) is 0 Å². The van der Waals surface area contributed by atoms with Crippen LogP contribution in [0.5, 0.6) is 11.5 Å². The molecule has 2 heterocycles. The first-order valence-electron chi connectivity index (χ1n) is 19.0. The Kier molecular flexibility index (Phi) is 14.5. The summed E-state index contributed by atoms with van der Waals surface area (Å²) in [6, 6.07) is 12.5. The lowest BCUT2D eigenvalue weighted by atomic mass is 10.1. The van der Waals surface area contributed by atoms with Crippen LogP contribution in [0, 0.1) is 5.82 Å². The molecule has 0 aliphatic rings. The van der Waals surface area contributed by atoms with Gasteiger partial charge in [-0.2, -0.15) is 13.5 Å². The van der Waals surface area contributed by atoms with E-state index in [0.717, 1.165) is 36.8 Å². The molecule has 0 saturated heterocycles. The maximum absolute atomic E-state index is 14.9. The number of rotatable bonds is 16. The SMILES string of the molecule is COc1ccc(CN(c2ncc(Cl)s2)S(=O)(=O)n2ncc3c(CNC(=O)c4ccc(F)cc4N(CCNC(C)C(=O)OC(C)(C)C)C(=O)OC(C)(C)C)cccc32)c(OC)c1. The average Bonchev–Trinajstić information content (AvgIpc) is 3.83. The number of nitrogens with zero attached hydrogens (tertiary/aromatic N) is 5. The van der Waals surface area contributed by atoms with Crippen LogP contribution in [0.4, 0.5) is 20.0 Å². The fourth-order valence-corrected chi connectivity index (χ4v) is 8.46. The molecular weight excluding hydrogens is 853 g/mol. The van der Waals surface area contributed by atoms with Crippen LogP contribution in [-0.4, -0.2) is 85.1 Å². The maximum Gasteiger partial charge on any atom is 0.414 e. The Morgan fingerprint density at radius 1 is 0.951 bits per heavy atom. The van der Waals surface area contributed by atoms with Gasteiger partial charge in [0, 0.05) is 36.7 Å². The molecule has 2 N–H and O–H groups in total. The minimum Gasteiger partial charge on any atom is -0.497 e. The topological polar surface area (TPSA) is 184 Å². The van der Waals surface area contributed by atoms with Crippen LogP contribution < -0.4 is 29.3 Å². The fourth-order valence-electron chi connectivity index (χ4n) is 5.95. The number of anilines is 2. The number of hydrogen-bond acceptors (Lipinski definition) is 13. The summed E-state index contributed by atoms with van der Waals surface area (Å²) in [5.41, 5.74) is -0.569. The van der Waals surface area contributed by atoms with Crippen molar-refractivity contribution in [3.05, 3.63) is 93.8 Å². The molecule has 0 radical (unpaired) electrons. The van der Waals surface area contributed by atoms with Crippen molar-refractivity contribution in [2.45, 2.75) is 78.8 Å². The quantitative estimate of drug-likeness (QED) is 0.0961. The minimum atomic E-state index is -4.48. The van der Waals surface area contributed by atoms with Gasteiger partial charge in [-0.05, 0) is 90.4 Å². The standard InChI is InChI=1S/C41H49ClFN7O9S2/c1-25(37(52)58-40(2,3)4)44-17-18-48(39(53)59-41(5,6)7)33-19-28(43)14-16-30(33)36(51)45-21-26-11-10-12-32-31(26)22-47-50(32)61(54,55)49(38-46-23-35(42)60-38)24-27-13-15-29(56-8)20-34(27)57-9/h10-16,19-20,22-23,25,44H,17-18,21,24H2,1-9H3,(H,45,51). The van der Waals surface area contributed by atoms with Crippen molar-refractivity contribution in [3.8, 4) is 11.5 Å². The molecule has 0 bridgehead atoms. The number of fused-ring (bicyclic) bond motifs is 1. The Hall–Kier alpha value is -5.50. The Bertz CT molecular complexity index is 2500. The summed E-state index contributed by atoms with van der Waals surface area (Å²) >= 11 is 7.18. The van der Waals surface area contributed by atoms with Crippen LogP contribution in [0.3, 0.4) is 0 Å². The van der Waals surface area contributed by atoms with E-state index < -0.39 is 51.2 Å². The van der Waals surface area contributed by atoms with Crippen molar-refractivity contribution in [1.29, 1.82) is 0 Å². The molecule has 16 nitrogen and oxygen atoms in total. The summed E-state index contributed by atoms with van der Waals surface area (Å²) in [6.07, 6.45) is 1.87. The maximum atomic E-state index is 14.9. The Labute approximate surface area is 363 Å². The number of aromatic nitrogens is 3. The van der Waals surface area contributed by atoms with Crippen LogP contribution in [0.15, 0.2) is 67.0 Å². The highest BCUT2D eigenvalue weighted by Crippen LogP contribution is 2.34. The number of methoxy groups -OCH3 is 2. The van der Waals surface area contributed by atoms with Crippen LogP contribution >= 0.6 is 22.9 Å². The van der Waals surface area contributed by atoms with Gasteiger partial charge in [-0.25, -0.2) is 18.5 Å². The molecule has 5 aromatic rings. The van der Waals surface area contributed by atoms with Gasteiger partial charge >= 0.3 is 22.3 Å². The van der Waals surface area contributed by atoms with Gasteiger partial charge in [0.05, 0.1) is 49.9 Å². The Morgan fingerprint density at radius 3 is 2.31 bits per heavy atom. The first kappa shape index (κ1) is 46.6. The third-order valence-corrected chi connectivity index (χ3v) is 11.6. The zero-order valence-electron chi connectivity index (χ0n) is 35.2. The monoisotopic (exact) mass is 901 g/mol. The third kappa shape index (κ3) is 11.7. The van der Waals surface area contributed by atoms with E-state index in [-0.39, 0.29) is 52.4 Å². The van der Waals surface area contributed by atoms with E-state index in [2.05, 4.69) is 20.7 Å². The van der Waals surface area contributed by atoms with Crippen molar-refractivity contribution >= 4 is 72.8 Å². The number of hydrogen-bond donors (Lipinski definition) is 2. The summed E-state index contributed by atoms with van der Waals surface area (Å²) in [7, 11) is -1.52. The molecule has 0 aliphatic heterocycles. The fraction of sp³-hybridized carbons (Fsp3) is 0.390. The largest absolute Gasteiger partial charge is 0.497 e. The van der Waals surface area contributed by atoms with Crippen molar-refractivity contribution in [3.63, 3.8) is 0 Å². The zero-order chi connectivity index (χ0) is 44.9. The number of halogens is 2. The molecule has 2 aromatic heterocycles. The van der Waals surface area contributed by atoms with Gasteiger partial charge in [0.15, 0.2) is 0 Å². The molecule has 3 aromatic carbocycles. The molecular formula is C41H49ClFN7O9S2. The molecule has 20 heteroatoms. The number of carbonyl (C=O) groups is 3. The van der Waals surface area contributed by atoms with Gasteiger partial charge < -0.3 is 29.6 Å². The molecule has 1 atom stereocenters. The van der Waals surface area contributed by atoms with E-state index in [1.54, 1.807) is 84.9 Å². The van der Waals surface area contributed by atoms with E-state index in [4.69, 9.17) is 30.5 Å². The van der Waals surface area contributed by atoms with Gasteiger partial charge in [-0.3, -0.25) is 14.5 Å². The molecule has 0 saturated carbocycles. The predicted molar refractivity (Wildman–Crippen MR) is 231 cm³/mol. The second-order valence-electron chi connectivity index (χ2n) is 15.7. The zero-order valence-corrected chi connectivity index (χ0v) is 37.6. The molecule has 0 fully saturated rings. The van der Waals surface area contributed by atoms with Gasteiger partial charge in [-0.1, -0.05) is 35.1 Å². The van der Waals surface area contributed by atoms with Gasteiger partial charge in [-0.15, -0.1) is 4.09 Å². The first-order chi connectivity index (χ1) is 28.6. The highest BCUT2D eigenvalue weighted by molar-refractivity contribution is 7.91. The van der Waals surface area contributed by atoms with E-state index in [0.29, 0.717) is 28.0 Å². The number of nitrogens with one attached hydrogen (secondary N) is 2. The molecule has 0 aliphatic carbocycles. The third-order valence-electron chi connectivity index (χ3n) is 8.75. The molecule has 5 rings (SSSR count). The molecule has 1 unspecified atom stereocenters. The van der Waals surface area contributed by atoms with Crippen molar-refractivity contribution in [2.75, 3.05) is 36.5 Å². The van der Waals surface area contributed by atoms with Crippen LogP contribution in [0.25, 0.3) is 10.9 Å². The summed E-state index contributed by atoms with van der Waals surface area (Å²) in [6.45, 7) is 11.5. The highest BCUT2D eigenvalue weighted by Gasteiger charge is 2.32. The number of ether oxygens (including phenoxy) is 4. The Balaban J connectivity index is 1.42. The second-order valence-corrected chi connectivity index (χ2v) is 19.0. The van der Waals surface area contributed by atoms with Crippen molar-refractivity contribution < 1.29 is 46.1 Å².